The van der Waals surface area contributed by atoms with Crippen molar-refractivity contribution in [1.82, 2.24) is 10.7 Å². The van der Waals surface area contributed by atoms with Crippen LogP contribution in [0.25, 0.3) is 0 Å². The van der Waals surface area contributed by atoms with Crippen molar-refractivity contribution in [3.63, 3.8) is 0 Å². The van der Waals surface area contributed by atoms with E-state index in [1.807, 2.05) is 0 Å². The molecule has 0 aromatic carbocycles. The van der Waals surface area contributed by atoms with Crippen molar-refractivity contribution in [2.45, 2.75) is 6.92 Å². The summed E-state index contributed by atoms with van der Waals surface area (Å²) in [6.07, 6.45) is 2.78. The maximum absolute atomic E-state index is 11.0. The molecule has 2 N–H and O–H groups in total. The highest BCUT2D eigenvalue weighted by Gasteiger charge is 2.09. The minimum atomic E-state index is -0.806. The first kappa shape index (κ1) is 11.0. The molecule has 0 spiro atoms. The van der Waals surface area contributed by atoms with Gasteiger partial charge in [-0.2, -0.15) is 5.10 Å². The molecule has 0 radical (unpaired) electrons. The maximum Gasteiger partial charge on any atom is 0.329 e. The van der Waals surface area contributed by atoms with Gasteiger partial charge in [-0.15, -0.1) is 0 Å². The second kappa shape index (κ2) is 5.58. The number of hydrazone groups is 1. The van der Waals surface area contributed by atoms with Gasteiger partial charge in [-0.1, -0.05) is 0 Å². The highest BCUT2D eigenvalue weighted by Crippen LogP contribution is 1.94. The van der Waals surface area contributed by atoms with Crippen LogP contribution >= 0.6 is 0 Å². The largest absolute Gasteiger partial charge is 0.463 e. The van der Waals surface area contributed by atoms with Crippen LogP contribution < -0.4 is 10.7 Å². The molecule has 0 unspecified atom stereocenters. The normalized spacial score (nSPS) is 10.2. The Labute approximate surface area is 86.3 Å². The van der Waals surface area contributed by atoms with Crippen molar-refractivity contribution >= 4 is 18.0 Å². The van der Waals surface area contributed by atoms with Crippen LogP contribution in [0.4, 0.5) is 0 Å². The van der Waals surface area contributed by atoms with Crippen LogP contribution in [0.1, 0.15) is 12.7 Å². The van der Waals surface area contributed by atoms with E-state index in [-0.39, 0.29) is 0 Å². The molecular formula is C9H11N3O3. The van der Waals surface area contributed by atoms with Crippen molar-refractivity contribution in [3.8, 4) is 0 Å². The zero-order valence-electron chi connectivity index (χ0n) is 8.19. The maximum atomic E-state index is 11.0. The number of nitrogens with one attached hydrogen (secondary N) is 2. The van der Waals surface area contributed by atoms with Crippen LogP contribution in [0.5, 0.6) is 0 Å². The molecule has 1 rings (SSSR count). The molecule has 1 heterocycles. The molecule has 6 nitrogen and oxygen atoms in total. The predicted molar refractivity (Wildman–Crippen MR) is 53.1 cm³/mol. The molecule has 1 aromatic rings. The number of furan rings is 1. The lowest BCUT2D eigenvalue weighted by molar-refractivity contribution is -0.139. The van der Waals surface area contributed by atoms with Gasteiger partial charge in [-0.25, -0.2) is 5.43 Å². The molecule has 0 saturated heterocycles. The van der Waals surface area contributed by atoms with Crippen LogP contribution in [0, 0.1) is 0 Å². The SMILES string of the molecule is CCNC(=O)C(=O)N/N=C\c1ccco1. The molecule has 1 aromatic heterocycles. The van der Waals surface area contributed by atoms with E-state index in [0.717, 1.165) is 0 Å². The number of hydrogen-bond donors (Lipinski definition) is 2. The van der Waals surface area contributed by atoms with E-state index in [2.05, 4.69) is 15.8 Å². The summed E-state index contributed by atoms with van der Waals surface area (Å²) in [4.78, 5) is 21.9. The number of amides is 2. The summed E-state index contributed by atoms with van der Waals surface area (Å²) in [7, 11) is 0. The Bertz CT molecular complexity index is 357. The lowest BCUT2D eigenvalue weighted by atomic mass is 10.5. The average Bonchev–Trinajstić information content (AvgIpc) is 2.71. The third-order valence-electron chi connectivity index (χ3n) is 1.44. The van der Waals surface area contributed by atoms with Crippen molar-refractivity contribution in [3.05, 3.63) is 24.2 Å². The number of hydrogen-bond acceptors (Lipinski definition) is 4. The third-order valence-corrected chi connectivity index (χ3v) is 1.44. The molecule has 15 heavy (non-hydrogen) atoms. The summed E-state index contributed by atoms with van der Waals surface area (Å²) in [5, 5.41) is 5.88. The number of likely N-dealkylation sites (N-methyl/N-ethyl adjacent to an activating group) is 1. The monoisotopic (exact) mass is 209 g/mol. The zero-order chi connectivity index (χ0) is 11.1. The van der Waals surface area contributed by atoms with Crippen molar-refractivity contribution in [2.24, 2.45) is 5.10 Å². The molecule has 0 aliphatic heterocycles. The summed E-state index contributed by atoms with van der Waals surface area (Å²) in [6.45, 7) is 2.12. The van der Waals surface area contributed by atoms with Gasteiger partial charge in [0.2, 0.25) is 0 Å². The van der Waals surface area contributed by atoms with Gasteiger partial charge in [0.05, 0.1) is 12.5 Å². The Kier molecular flexibility index (Phi) is 4.08. The van der Waals surface area contributed by atoms with Crippen molar-refractivity contribution < 1.29 is 14.0 Å². The smallest absolute Gasteiger partial charge is 0.329 e. The molecule has 0 aliphatic rings. The van der Waals surface area contributed by atoms with E-state index < -0.39 is 11.8 Å². The lowest BCUT2D eigenvalue weighted by Gasteiger charge is -1.98. The summed E-state index contributed by atoms with van der Waals surface area (Å²) in [5.41, 5.74) is 2.06. The van der Waals surface area contributed by atoms with Crippen LogP contribution in [0.15, 0.2) is 27.9 Å². The molecule has 0 saturated carbocycles. The fraction of sp³-hybridized carbons (Fsp3) is 0.222. The standard InChI is InChI=1S/C9H11N3O3/c1-2-10-8(13)9(14)12-11-6-7-4-3-5-15-7/h3-6H,2H2,1H3,(H,10,13)(H,12,14)/b11-6-. The van der Waals surface area contributed by atoms with Gasteiger partial charge < -0.3 is 9.73 Å². The highest BCUT2D eigenvalue weighted by atomic mass is 16.3. The Balaban J connectivity index is 2.37. The fourth-order valence-electron chi connectivity index (χ4n) is 0.811. The second-order valence-electron chi connectivity index (χ2n) is 2.57. The third kappa shape index (κ3) is 3.63. The van der Waals surface area contributed by atoms with Gasteiger partial charge >= 0.3 is 11.8 Å². The van der Waals surface area contributed by atoms with Gasteiger partial charge in [0.1, 0.15) is 5.76 Å². The van der Waals surface area contributed by atoms with Crippen LogP contribution in [-0.4, -0.2) is 24.6 Å². The first-order valence-corrected chi connectivity index (χ1v) is 4.38. The summed E-state index contributed by atoms with van der Waals surface area (Å²) >= 11 is 0. The summed E-state index contributed by atoms with van der Waals surface area (Å²) in [5.74, 6) is -1.03. The molecule has 6 heteroatoms. The molecule has 0 fully saturated rings. The molecule has 0 atom stereocenters. The van der Waals surface area contributed by atoms with E-state index in [1.54, 1.807) is 19.1 Å². The second-order valence-corrected chi connectivity index (χ2v) is 2.57. The molecule has 80 valence electrons. The average molecular weight is 209 g/mol. The number of nitrogens with zero attached hydrogens (tertiary/aromatic N) is 1. The van der Waals surface area contributed by atoms with Gasteiger partial charge in [0.25, 0.3) is 0 Å². The Hall–Kier alpha value is -2.11. The minimum Gasteiger partial charge on any atom is -0.463 e. The predicted octanol–water partition coefficient (Wildman–Crippen LogP) is -0.134. The van der Waals surface area contributed by atoms with E-state index in [0.29, 0.717) is 12.3 Å². The van der Waals surface area contributed by atoms with Gasteiger partial charge in [-0.3, -0.25) is 9.59 Å². The Morgan fingerprint density at radius 1 is 1.53 bits per heavy atom. The molecule has 0 aliphatic carbocycles. The van der Waals surface area contributed by atoms with Crippen LogP contribution in [-0.2, 0) is 9.59 Å². The van der Waals surface area contributed by atoms with Crippen molar-refractivity contribution in [2.75, 3.05) is 6.54 Å². The minimum absolute atomic E-state index is 0.397. The quantitative estimate of drug-likeness (QED) is 0.413. The van der Waals surface area contributed by atoms with Crippen LogP contribution in [0.2, 0.25) is 0 Å². The molecular weight excluding hydrogens is 198 g/mol. The van der Waals surface area contributed by atoms with E-state index in [4.69, 9.17) is 4.42 Å². The number of rotatable bonds is 3. The van der Waals surface area contributed by atoms with E-state index >= 15 is 0 Å². The first-order chi connectivity index (χ1) is 7.24. The first-order valence-electron chi connectivity index (χ1n) is 4.38. The van der Waals surface area contributed by atoms with E-state index in [9.17, 15) is 9.59 Å². The number of carbonyl (C=O) groups is 2. The van der Waals surface area contributed by atoms with Crippen LogP contribution in [0.3, 0.4) is 0 Å². The lowest BCUT2D eigenvalue weighted by Crippen LogP contribution is -2.37. The topological polar surface area (TPSA) is 83.7 Å². The summed E-state index contributed by atoms with van der Waals surface area (Å²) in [6, 6.07) is 3.36. The van der Waals surface area contributed by atoms with Gasteiger partial charge in [0.15, 0.2) is 0 Å². The fourth-order valence-corrected chi connectivity index (χ4v) is 0.811. The Morgan fingerprint density at radius 2 is 2.33 bits per heavy atom. The highest BCUT2D eigenvalue weighted by molar-refractivity contribution is 6.35. The van der Waals surface area contributed by atoms with E-state index in [1.165, 1.54) is 12.5 Å². The van der Waals surface area contributed by atoms with Crippen molar-refractivity contribution in [1.29, 1.82) is 0 Å². The number of carbonyl (C=O) groups excluding carboxylic acids is 2. The van der Waals surface area contributed by atoms with Gasteiger partial charge in [0, 0.05) is 6.54 Å². The summed E-state index contributed by atoms with van der Waals surface area (Å²) < 4.78 is 4.92. The van der Waals surface area contributed by atoms with Gasteiger partial charge in [-0.05, 0) is 19.1 Å². The molecule has 2 amide bonds. The Morgan fingerprint density at radius 3 is 2.93 bits per heavy atom. The zero-order valence-corrected chi connectivity index (χ0v) is 8.19. The molecule has 0 bridgehead atoms.